The van der Waals surface area contributed by atoms with E-state index in [0.717, 1.165) is 16.7 Å². The van der Waals surface area contributed by atoms with Crippen molar-refractivity contribution >= 4 is 40.6 Å². The monoisotopic (exact) mass is 500 g/mol. The van der Waals surface area contributed by atoms with E-state index in [1.54, 1.807) is 37.3 Å². The van der Waals surface area contributed by atoms with Crippen molar-refractivity contribution in [2.24, 2.45) is 0 Å². The van der Waals surface area contributed by atoms with Crippen molar-refractivity contribution in [2.45, 2.75) is 33.0 Å². The molecule has 0 bridgehead atoms. The van der Waals surface area contributed by atoms with Gasteiger partial charge in [-0.15, -0.1) is 0 Å². The summed E-state index contributed by atoms with van der Waals surface area (Å²) in [5.41, 5.74) is 1.17. The summed E-state index contributed by atoms with van der Waals surface area (Å²) in [5, 5.41) is 10.4. The number of nitro groups is 1. The third-order valence-corrected chi connectivity index (χ3v) is 5.98. The number of ether oxygens (including phenoxy) is 3. The SMILES string of the molecule is CC[C@@H](C)OC(=O)CN1C(=O)S/C(=C/c2ccc(OCc3cccc([N+](=O)[O-])c3)c(OC)c2)C1=O. The van der Waals surface area contributed by atoms with E-state index in [-0.39, 0.29) is 23.3 Å². The lowest BCUT2D eigenvalue weighted by atomic mass is 10.1. The number of carbonyl (C=O) groups excluding carboxylic acids is 3. The van der Waals surface area contributed by atoms with Crippen LogP contribution in [0, 0.1) is 10.1 Å². The second-order valence-corrected chi connectivity index (χ2v) is 8.60. The molecule has 10 nitrogen and oxygen atoms in total. The lowest BCUT2D eigenvalue weighted by Gasteiger charge is -2.14. The molecule has 3 rings (SSSR count). The van der Waals surface area contributed by atoms with Gasteiger partial charge in [0, 0.05) is 12.1 Å². The Labute approximate surface area is 206 Å². The molecule has 2 amide bonds. The fourth-order valence-electron chi connectivity index (χ4n) is 3.08. The molecule has 0 saturated carbocycles. The molecule has 0 spiro atoms. The summed E-state index contributed by atoms with van der Waals surface area (Å²) in [4.78, 5) is 48.4. The molecule has 11 heteroatoms. The largest absolute Gasteiger partial charge is 0.493 e. The minimum atomic E-state index is -0.644. The van der Waals surface area contributed by atoms with E-state index in [9.17, 15) is 24.5 Å². The highest BCUT2D eigenvalue weighted by Gasteiger charge is 2.36. The van der Waals surface area contributed by atoms with Crippen molar-refractivity contribution in [3.8, 4) is 11.5 Å². The number of imide groups is 1. The van der Waals surface area contributed by atoms with Crippen LogP contribution < -0.4 is 9.47 Å². The Hall–Kier alpha value is -3.86. The van der Waals surface area contributed by atoms with Gasteiger partial charge in [-0.1, -0.05) is 25.1 Å². The number of methoxy groups -OCH3 is 1. The Balaban J connectivity index is 1.70. The first-order valence-corrected chi connectivity index (χ1v) is 11.5. The predicted octanol–water partition coefficient (Wildman–Crippen LogP) is 4.56. The Morgan fingerprint density at radius 1 is 1.20 bits per heavy atom. The third-order valence-electron chi connectivity index (χ3n) is 5.07. The maximum Gasteiger partial charge on any atom is 0.326 e. The molecule has 1 atom stereocenters. The molecule has 1 saturated heterocycles. The standard InChI is InChI=1S/C24H24N2O8S/c1-4-15(2)34-22(27)13-25-23(28)21(35-24(25)29)12-16-8-9-19(20(11-16)32-3)33-14-17-6-5-7-18(10-17)26(30)31/h5-12,15H,4,13-14H2,1-3H3/b21-12+/t15-/m1/s1. The van der Waals surface area contributed by atoms with Crippen LogP contribution >= 0.6 is 11.8 Å². The quantitative estimate of drug-likeness (QED) is 0.200. The summed E-state index contributed by atoms with van der Waals surface area (Å²) in [6.45, 7) is 3.23. The van der Waals surface area contributed by atoms with E-state index >= 15 is 0 Å². The number of nitrogens with zero attached hydrogens (tertiary/aromatic N) is 2. The zero-order valence-corrected chi connectivity index (χ0v) is 20.2. The lowest BCUT2D eigenvalue weighted by molar-refractivity contribution is -0.384. The number of benzene rings is 2. The first-order valence-electron chi connectivity index (χ1n) is 10.7. The molecule has 2 aromatic carbocycles. The molecule has 1 fully saturated rings. The predicted molar refractivity (Wildman–Crippen MR) is 129 cm³/mol. The maximum atomic E-state index is 12.7. The number of esters is 1. The Kier molecular flexibility index (Phi) is 8.48. The van der Waals surface area contributed by atoms with Crippen molar-refractivity contribution in [2.75, 3.05) is 13.7 Å². The fraction of sp³-hybridized carbons (Fsp3) is 0.292. The van der Waals surface area contributed by atoms with Gasteiger partial charge in [0.1, 0.15) is 13.2 Å². The van der Waals surface area contributed by atoms with Crippen molar-refractivity contribution in [3.63, 3.8) is 0 Å². The molecule has 0 aliphatic carbocycles. The number of thioether (sulfide) groups is 1. The van der Waals surface area contributed by atoms with E-state index in [4.69, 9.17) is 14.2 Å². The van der Waals surface area contributed by atoms with Crippen molar-refractivity contribution in [1.29, 1.82) is 0 Å². The third kappa shape index (κ3) is 6.60. The van der Waals surface area contributed by atoms with Crippen LogP contribution in [-0.4, -0.2) is 46.7 Å². The molecular weight excluding hydrogens is 476 g/mol. The number of carbonyl (C=O) groups is 3. The lowest BCUT2D eigenvalue weighted by Crippen LogP contribution is -2.35. The van der Waals surface area contributed by atoms with Crippen molar-refractivity contribution in [3.05, 3.63) is 68.6 Å². The maximum absolute atomic E-state index is 12.7. The summed E-state index contributed by atoms with van der Waals surface area (Å²) in [6.07, 6.45) is 1.85. The highest BCUT2D eigenvalue weighted by atomic mass is 32.2. The van der Waals surface area contributed by atoms with E-state index in [1.807, 2.05) is 6.92 Å². The summed E-state index contributed by atoms with van der Waals surface area (Å²) in [6, 6.07) is 11.1. The molecular formula is C24H24N2O8S. The minimum absolute atomic E-state index is 0.0319. The van der Waals surface area contributed by atoms with E-state index in [0.29, 0.717) is 29.0 Å². The van der Waals surface area contributed by atoms with Crippen LogP contribution in [0.3, 0.4) is 0 Å². The van der Waals surface area contributed by atoms with Crippen LogP contribution in [0.2, 0.25) is 0 Å². The van der Waals surface area contributed by atoms with Gasteiger partial charge in [0.15, 0.2) is 11.5 Å². The van der Waals surface area contributed by atoms with Crippen LogP contribution in [0.15, 0.2) is 47.4 Å². The van der Waals surface area contributed by atoms with Crippen LogP contribution in [-0.2, 0) is 20.9 Å². The first kappa shape index (κ1) is 25.8. The van der Waals surface area contributed by atoms with E-state index in [2.05, 4.69) is 0 Å². The van der Waals surface area contributed by atoms with Gasteiger partial charge in [0.05, 0.1) is 23.0 Å². The molecule has 1 aliphatic heterocycles. The zero-order valence-electron chi connectivity index (χ0n) is 19.4. The molecule has 1 heterocycles. The Morgan fingerprint density at radius 3 is 2.66 bits per heavy atom. The van der Waals surface area contributed by atoms with Crippen LogP contribution in [0.4, 0.5) is 10.5 Å². The highest BCUT2D eigenvalue weighted by molar-refractivity contribution is 8.18. The van der Waals surface area contributed by atoms with Gasteiger partial charge in [-0.25, -0.2) is 0 Å². The smallest absolute Gasteiger partial charge is 0.326 e. The molecule has 35 heavy (non-hydrogen) atoms. The van der Waals surface area contributed by atoms with Gasteiger partial charge < -0.3 is 14.2 Å². The second-order valence-electron chi connectivity index (χ2n) is 7.60. The normalized spacial score (nSPS) is 15.3. The first-order chi connectivity index (χ1) is 16.7. The average molecular weight is 501 g/mol. The number of amides is 2. The zero-order chi connectivity index (χ0) is 25.5. The molecule has 0 unspecified atom stereocenters. The van der Waals surface area contributed by atoms with E-state index < -0.39 is 28.6 Å². The van der Waals surface area contributed by atoms with Crippen molar-refractivity contribution < 1.29 is 33.5 Å². The topological polar surface area (TPSA) is 125 Å². The summed E-state index contributed by atoms with van der Waals surface area (Å²) in [7, 11) is 1.45. The van der Waals surface area contributed by atoms with Gasteiger partial charge in [0.25, 0.3) is 16.8 Å². The molecule has 2 aromatic rings. The average Bonchev–Trinajstić information content (AvgIpc) is 3.10. The van der Waals surface area contributed by atoms with Gasteiger partial charge >= 0.3 is 5.97 Å². The summed E-state index contributed by atoms with van der Waals surface area (Å²) < 4.78 is 16.3. The number of non-ortho nitro benzene ring substituents is 1. The van der Waals surface area contributed by atoms with E-state index in [1.165, 1.54) is 25.3 Å². The fourth-order valence-corrected chi connectivity index (χ4v) is 3.91. The Morgan fingerprint density at radius 2 is 1.97 bits per heavy atom. The van der Waals surface area contributed by atoms with Crippen LogP contribution in [0.1, 0.15) is 31.4 Å². The molecule has 1 aliphatic rings. The van der Waals surface area contributed by atoms with Gasteiger partial charge in [0.2, 0.25) is 0 Å². The minimum Gasteiger partial charge on any atom is -0.493 e. The molecule has 0 aromatic heterocycles. The number of rotatable bonds is 10. The Bertz CT molecular complexity index is 1180. The summed E-state index contributed by atoms with van der Waals surface area (Å²) in [5.74, 6) is -0.446. The number of hydrogen-bond acceptors (Lipinski definition) is 9. The molecule has 0 radical (unpaired) electrons. The second kappa shape index (κ2) is 11.5. The molecule has 0 N–H and O–H groups in total. The highest BCUT2D eigenvalue weighted by Crippen LogP contribution is 2.35. The van der Waals surface area contributed by atoms with Gasteiger partial charge in [-0.2, -0.15) is 0 Å². The number of nitro benzene ring substituents is 1. The summed E-state index contributed by atoms with van der Waals surface area (Å²) >= 11 is 0.736. The number of hydrogen-bond donors (Lipinski definition) is 0. The van der Waals surface area contributed by atoms with Crippen LogP contribution in [0.25, 0.3) is 6.08 Å². The van der Waals surface area contributed by atoms with Gasteiger partial charge in [-0.05, 0) is 54.4 Å². The van der Waals surface area contributed by atoms with Gasteiger partial charge in [-0.3, -0.25) is 29.4 Å². The van der Waals surface area contributed by atoms with Crippen molar-refractivity contribution in [1.82, 2.24) is 4.90 Å². The molecule has 184 valence electrons. The van der Waals surface area contributed by atoms with Crippen LogP contribution in [0.5, 0.6) is 11.5 Å².